The number of para-hydroxylation sites is 1. The molecule has 8 heteroatoms. The summed E-state index contributed by atoms with van der Waals surface area (Å²) in [6, 6.07) is 12.4. The number of amides is 2. The summed E-state index contributed by atoms with van der Waals surface area (Å²) in [5.74, 6) is 0.312. The molecule has 0 unspecified atom stereocenters. The highest BCUT2D eigenvalue weighted by Gasteiger charge is 2.32. The Kier molecular flexibility index (Phi) is 7.55. The lowest BCUT2D eigenvalue weighted by atomic mass is 9.95. The molecule has 2 aromatic carbocycles. The molecule has 0 aliphatic carbocycles. The molecule has 2 aliphatic rings. The molecule has 1 atom stereocenters. The first kappa shape index (κ1) is 22.9. The van der Waals surface area contributed by atoms with E-state index in [0.717, 1.165) is 18.4 Å². The number of carbonyl (C=O) groups is 2. The standard InChI is InChI=1S/C24H26Cl2N2O4/c25-19-8-7-18(21(26)14-19)16-32-22-6-2-1-5-20(22)24(30)28-9-3-4-17(15-28)23(29)27-10-12-31-13-11-27/h1-2,5-8,14,17H,3-4,9-13,15-16H2/t17-/m1/s1. The van der Waals surface area contributed by atoms with Crippen molar-refractivity contribution in [2.45, 2.75) is 19.4 Å². The van der Waals surface area contributed by atoms with E-state index in [4.69, 9.17) is 32.7 Å². The quantitative estimate of drug-likeness (QED) is 0.645. The lowest BCUT2D eigenvalue weighted by molar-refractivity contribution is -0.141. The monoisotopic (exact) mass is 476 g/mol. The number of rotatable bonds is 5. The molecular formula is C24H26Cl2N2O4. The smallest absolute Gasteiger partial charge is 0.257 e. The van der Waals surface area contributed by atoms with Gasteiger partial charge in [-0.2, -0.15) is 0 Å². The topological polar surface area (TPSA) is 59.1 Å². The molecule has 2 aliphatic heterocycles. The minimum Gasteiger partial charge on any atom is -0.488 e. The van der Waals surface area contributed by atoms with Crippen LogP contribution in [0.3, 0.4) is 0 Å². The van der Waals surface area contributed by atoms with Crippen LogP contribution in [0.25, 0.3) is 0 Å². The van der Waals surface area contributed by atoms with Crippen LogP contribution in [0.2, 0.25) is 10.0 Å². The molecule has 6 nitrogen and oxygen atoms in total. The number of benzene rings is 2. The molecule has 0 spiro atoms. The fraction of sp³-hybridized carbons (Fsp3) is 0.417. The van der Waals surface area contributed by atoms with E-state index in [2.05, 4.69) is 0 Å². The van der Waals surface area contributed by atoms with Crippen LogP contribution in [0.5, 0.6) is 5.75 Å². The highest BCUT2D eigenvalue weighted by Crippen LogP contribution is 2.27. The van der Waals surface area contributed by atoms with Gasteiger partial charge < -0.3 is 19.3 Å². The van der Waals surface area contributed by atoms with Crippen molar-refractivity contribution < 1.29 is 19.1 Å². The molecule has 2 aromatic rings. The number of piperidine rings is 1. The molecule has 2 heterocycles. The molecule has 2 saturated heterocycles. The minimum atomic E-state index is -0.174. The average Bonchev–Trinajstić information content (AvgIpc) is 2.83. The molecular weight excluding hydrogens is 451 g/mol. The molecule has 0 radical (unpaired) electrons. The minimum absolute atomic E-state index is 0.118. The molecule has 2 amide bonds. The van der Waals surface area contributed by atoms with Gasteiger partial charge in [-0.25, -0.2) is 0 Å². The Bertz CT molecular complexity index is 978. The average molecular weight is 477 g/mol. The summed E-state index contributed by atoms with van der Waals surface area (Å²) >= 11 is 12.2. The highest BCUT2D eigenvalue weighted by molar-refractivity contribution is 6.35. The van der Waals surface area contributed by atoms with Gasteiger partial charge in [0.15, 0.2) is 0 Å². The zero-order chi connectivity index (χ0) is 22.5. The summed E-state index contributed by atoms with van der Waals surface area (Å²) in [4.78, 5) is 29.9. The van der Waals surface area contributed by atoms with Crippen molar-refractivity contribution in [2.75, 3.05) is 39.4 Å². The van der Waals surface area contributed by atoms with Crippen molar-refractivity contribution in [3.8, 4) is 5.75 Å². The third-order valence-corrected chi connectivity index (χ3v) is 6.48. The summed E-state index contributed by atoms with van der Waals surface area (Å²) in [7, 11) is 0. The Morgan fingerprint density at radius 3 is 2.59 bits per heavy atom. The van der Waals surface area contributed by atoms with Gasteiger partial charge in [0.2, 0.25) is 5.91 Å². The first-order valence-electron chi connectivity index (χ1n) is 10.8. The molecule has 0 saturated carbocycles. The third kappa shape index (κ3) is 5.37. The number of carbonyl (C=O) groups excluding carboxylic acids is 2. The van der Waals surface area contributed by atoms with Crippen molar-refractivity contribution >= 4 is 35.0 Å². The maximum Gasteiger partial charge on any atom is 0.257 e. The van der Waals surface area contributed by atoms with Gasteiger partial charge in [0.25, 0.3) is 5.91 Å². The van der Waals surface area contributed by atoms with E-state index in [-0.39, 0.29) is 24.3 Å². The van der Waals surface area contributed by atoms with Crippen LogP contribution in [0, 0.1) is 5.92 Å². The van der Waals surface area contributed by atoms with Crippen LogP contribution < -0.4 is 4.74 Å². The SMILES string of the molecule is O=C(c1ccccc1OCc1ccc(Cl)cc1Cl)N1CCC[C@@H](C(=O)N2CCOCC2)C1. The molecule has 170 valence electrons. The van der Waals surface area contributed by atoms with Crippen LogP contribution in [0.4, 0.5) is 0 Å². The molecule has 2 fully saturated rings. The van der Waals surface area contributed by atoms with Crippen molar-refractivity contribution in [3.63, 3.8) is 0 Å². The van der Waals surface area contributed by atoms with E-state index < -0.39 is 0 Å². The Morgan fingerprint density at radius 1 is 1.03 bits per heavy atom. The van der Waals surface area contributed by atoms with E-state index in [1.54, 1.807) is 29.2 Å². The Labute approximate surface area is 198 Å². The van der Waals surface area contributed by atoms with Crippen LogP contribution in [-0.2, 0) is 16.1 Å². The number of halogens is 2. The highest BCUT2D eigenvalue weighted by atomic mass is 35.5. The van der Waals surface area contributed by atoms with Gasteiger partial charge in [0.1, 0.15) is 12.4 Å². The Balaban J connectivity index is 1.44. The lowest BCUT2D eigenvalue weighted by Crippen LogP contribution is -2.49. The fourth-order valence-corrected chi connectivity index (χ4v) is 4.60. The van der Waals surface area contributed by atoms with E-state index in [0.29, 0.717) is 60.8 Å². The third-order valence-electron chi connectivity index (χ3n) is 5.90. The van der Waals surface area contributed by atoms with Crippen LogP contribution in [-0.4, -0.2) is 61.0 Å². The summed E-state index contributed by atoms with van der Waals surface area (Å²) in [6.07, 6.45) is 1.60. The lowest BCUT2D eigenvalue weighted by Gasteiger charge is -2.36. The Hall–Kier alpha value is -2.28. The summed E-state index contributed by atoms with van der Waals surface area (Å²) in [5, 5.41) is 1.07. The van der Waals surface area contributed by atoms with Crippen molar-refractivity contribution in [3.05, 3.63) is 63.6 Å². The normalized spacial score (nSPS) is 19.0. The predicted molar refractivity (Wildman–Crippen MR) is 123 cm³/mol. The van der Waals surface area contributed by atoms with E-state index in [9.17, 15) is 9.59 Å². The molecule has 0 bridgehead atoms. The summed E-state index contributed by atoms with van der Waals surface area (Å²) in [5.41, 5.74) is 1.27. The molecule has 4 rings (SSSR count). The van der Waals surface area contributed by atoms with Crippen molar-refractivity contribution in [1.82, 2.24) is 9.80 Å². The largest absolute Gasteiger partial charge is 0.488 e. The summed E-state index contributed by atoms with van der Waals surface area (Å²) < 4.78 is 11.3. The van der Waals surface area contributed by atoms with Crippen molar-refractivity contribution in [1.29, 1.82) is 0 Å². The van der Waals surface area contributed by atoms with Gasteiger partial charge in [-0.1, -0.05) is 41.4 Å². The van der Waals surface area contributed by atoms with Gasteiger partial charge in [-0.15, -0.1) is 0 Å². The zero-order valence-electron chi connectivity index (χ0n) is 17.8. The van der Waals surface area contributed by atoms with Gasteiger partial charge >= 0.3 is 0 Å². The number of likely N-dealkylation sites (tertiary alicyclic amines) is 1. The fourth-order valence-electron chi connectivity index (χ4n) is 4.14. The maximum absolute atomic E-state index is 13.3. The second-order valence-electron chi connectivity index (χ2n) is 8.05. The first-order chi connectivity index (χ1) is 15.5. The Morgan fingerprint density at radius 2 is 1.81 bits per heavy atom. The maximum atomic E-state index is 13.3. The van der Waals surface area contributed by atoms with E-state index in [1.807, 2.05) is 23.1 Å². The van der Waals surface area contributed by atoms with Gasteiger partial charge in [-0.3, -0.25) is 9.59 Å². The van der Waals surface area contributed by atoms with Gasteiger partial charge in [-0.05, 0) is 37.1 Å². The second-order valence-corrected chi connectivity index (χ2v) is 8.89. The molecule has 32 heavy (non-hydrogen) atoms. The molecule has 0 N–H and O–H groups in total. The number of nitrogens with zero attached hydrogens (tertiary/aromatic N) is 2. The summed E-state index contributed by atoms with van der Waals surface area (Å²) in [6.45, 7) is 3.65. The van der Waals surface area contributed by atoms with Crippen molar-refractivity contribution in [2.24, 2.45) is 5.92 Å². The van der Waals surface area contributed by atoms with Crippen LogP contribution >= 0.6 is 23.2 Å². The number of morpholine rings is 1. The van der Waals surface area contributed by atoms with Gasteiger partial charge in [0, 0.05) is 41.8 Å². The number of hydrogen-bond donors (Lipinski definition) is 0. The van der Waals surface area contributed by atoms with Gasteiger partial charge in [0.05, 0.1) is 24.7 Å². The number of ether oxygens (including phenoxy) is 2. The number of hydrogen-bond acceptors (Lipinski definition) is 4. The first-order valence-corrected chi connectivity index (χ1v) is 11.6. The second kappa shape index (κ2) is 10.6. The predicted octanol–water partition coefficient (Wildman–Crippen LogP) is 4.28. The molecule has 0 aromatic heterocycles. The van der Waals surface area contributed by atoms with E-state index >= 15 is 0 Å². The zero-order valence-corrected chi connectivity index (χ0v) is 19.3. The van der Waals surface area contributed by atoms with E-state index in [1.165, 1.54) is 0 Å². The van der Waals surface area contributed by atoms with Crippen LogP contribution in [0.1, 0.15) is 28.8 Å². The van der Waals surface area contributed by atoms with Crippen LogP contribution in [0.15, 0.2) is 42.5 Å².